The van der Waals surface area contributed by atoms with Crippen molar-refractivity contribution in [3.63, 3.8) is 0 Å². The number of methoxy groups -OCH3 is 1. The minimum atomic E-state index is -0.427. The number of aromatic nitrogens is 3. The molecule has 2 aromatic heterocycles. The van der Waals surface area contributed by atoms with Crippen molar-refractivity contribution in [1.29, 1.82) is 0 Å². The number of rotatable bonds is 3. The first-order chi connectivity index (χ1) is 7.70. The van der Waals surface area contributed by atoms with Gasteiger partial charge < -0.3 is 4.74 Å². The van der Waals surface area contributed by atoms with Crippen molar-refractivity contribution in [2.24, 2.45) is 0 Å². The van der Waals surface area contributed by atoms with Crippen molar-refractivity contribution in [3.8, 4) is 0 Å². The van der Waals surface area contributed by atoms with Crippen LogP contribution in [-0.4, -0.2) is 27.8 Å². The van der Waals surface area contributed by atoms with E-state index in [0.717, 1.165) is 4.88 Å². The fourth-order valence-corrected chi connectivity index (χ4v) is 2.75. The highest BCUT2D eigenvalue weighted by Crippen LogP contribution is 2.24. The van der Waals surface area contributed by atoms with Gasteiger partial charge in [-0.2, -0.15) is 5.10 Å². The zero-order valence-electron chi connectivity index (χ0n) is 8.38. The number of thiazole rings is 1. The lowest BCUT2D eigenvalue weighted by Crippen LogP contribution is -2.07. The van der Waals surface area contributed by atoms with E-state index >= 15 is 0 Å². The van der Waals surface area contributed by atoms with Crippen LogP contribution in [0.3, 0.4) is 0 Å². The highest BCUT2D eigenvalue weighted by molar-refractivity contribution is 9.11. The number of nitrogens with zero attached hydrogens (tertiary/aromatic N) is 3. The number of carbonyl (C=O) groups is 1. The van der Waals surface area contributed by atoms with Crippen molar-refractivity contribution in [2.45, 2.75) is 6.54 Å². The number of ether oxygens (including phenoxy) is 1. The molecule has 0 atom stereocenters. The Bertz CT molecular complexity index is 495. The highest BCUT2D eigenvalue weighted by Gasteiger charge is 2.18. The van der Waals surface area contributed by atoms with E-state index < -0.39 is 5.97 Å². The van der Waals surface area contributed by atoms with E-state index in [9.17, 15) is 4.79 Å². The summed E-state index contributed by atoms with van der Waals surface area (Å²) in [5.41, 5.74) is 0.342. The predicted molar refractivity (Wildman–Crippen MR) is 62.5 cm³/mol. The Hall–Kier alpha value is -1.21. The standard InChI is InChI=1S/C9H8BrN3O2S/c1-15-8(14)7-6(16-9(10)12-7)5-13-4-2-3-11-13/h2-4H,5H2,1H3. The van der Waals surface area contributed by atoms with Crippen LogP contribution < -0.4 is 0 Å². The second-order valence-corrected chi connectivity index (χ2v) is 5.29. The SMILES string of the molecule is COC(=O)c1nc(Br)sc1Cn1cccn1. The van der Waals surface area contributed by atoms with E-state index in [1.807, 2.05) is 12.3 Å². The summed E-state index contributed by atoms with van der Waals surface area (Å²) in [4.78, 5) is 16.4. The number of hydrogen-bond acceptors (Lipinski definition) is 5. The Labute approximate surface area is 104 Å². The Morgan fingerprint density at radius 1 is 1.69 bits per heavy atom. The average Bonchev–Trinajstić information content (AvgIpc) is 2.88. The molecule has 0 aliphatic rings. The van der Waals surface area contributed by atoms with Gasteiger partial charge in [0.05, 0.1) is 18.5 Å². The summed E-state index contributed by atoms with van der Waals surface area (Å²) in [6, 6.07) is 1.83. The van der Waals surface area contributed by atoms with Gasteiger partial charge in [0.15, 0.2) is 9.61 Å². The van der Waals surface area contributed by atoms with E-state index in [-0.39, 0.29) is 0 Å². The molecule has 16 heavy (non-hydrogen) atoms. The molecule has 0 aromatic carbocycles. The number of hydrogen-bond donors (Lipinski definition) is 0. The van der Waals surface area contributed by atoms with E-state index in [2.05, 4.69) is 30.7 Å². The van der Waals surface area contributed by atoms with Crippen LogP contribution in [0.2, 0.25) is 0 Å². The maximum absolute atomic E-state index is 11.4. The summed E-state index contributed by atoms with van der Waals surface area (Å²) < 4.78 is 7.05. The Balaban J connectivity index is 2.29. The molecule has 0 unspecified atom stereocenters. The minimum absolute atomic E-state index is 0.342. The molecule has 7 heteroatoms. The molecule has 5 nitrogen and oxygen atoms in total. The predicted octanol–water partition coefficient (Wildman–Crippen LogP) is 1.94. The summed E-state index contributed by atoms with van der Waals surface area (Å²) in [6.45, 7) is 0.515. The van der Waals surface area contributed by atoms with Gasteiger partial charge in [-0.15, -0.1) is 11.3 Å². The molecule has 0 bridgehead atoms. The van der Waals surface area contributed by atoms with Crippen LogP contribution >= 0.6 is 27.3 Å². The first-order valence-electron chi connectivity index (χ1n) is 4.41. The first-order valence-corrected chi connectivity index (χ1v) is 6.02. The molecule has 0 amide bonds. The van der Waals surface area contributed by atoms with Crippen LogP contribution in [0.5, 0.6) is 0 Å². The molecule has 0 saturated heterocycles. The maximum atomic E-state index is 11.4. The second-order valence-electron chi connectivity index (χ2n) is 2.93. The number of halogens is 1. The molecule has 0 saturated carbocycles. The minimum Gasteiger partial charge on any atom is -0.464 e. The third-order valence-corrected chi connectivity index (χ3v) is 3.41. The van der Waals surface area contributed by atoms with Crippen LogP contribution in [0.25, 0.3) is 0 Å². The molecule has 0 spiro atoms. The molecular formula is C9H8BrN3O2S. The number of esters is 1. The third kappa shape index (κ3) is 2.30. The molecule has 2 heterocycles. The molecular weight excluding hydrogens is 294 g/mol. The van der Waals surface area contributed by atoms with E-state index in [1.54, 1.807) is 10.9 Å². The third-order valence-electron chi connectivity index (χ3n) is 1.91. The van der Waals surface area contributed by atoms with Gasteiger partial charge in [-0.1, -0.05) is 0 Å². The lowest BCUT2D eigenvalue weighted by Gasteiger charge is -2.00. The molecule has 2 aromatic rings. The lowest BCUT2D eigenvalue weighted by atomic mass is 10.3. The molecule has 84 valence electrons. The first kappa shape index (κ1) is 11.3. The fraction of sp³-hybridized carbons (Fsp3) is 0.222. The molecule has 0 radical (unpaired) electrons. The van der Waals surface area contributed by atoms with Crippen LogP contribution in [-0.2, 0) is 11.3 Å². The summed E-state index contributed by atoms with van der Waals surface area (Å²) in [7, 11) is 1.34. The van der Waals surface area contributed by atoms with E-state index in [0.29, 0.717) is 16.2 Å². The molecule has 2 rings (SSSR count). The topological polar surface area (TPSA) is 57.0 Å². The zero-order valence-corrected chi connectivity index (χ0v) is 10.8. The van der Waals surface area contributed by atoms with Crippen molar-refractivity contribution in [1.82, 2.24) is 14.8 Å². The van der Waals surface area contributed by atoms with Gasteiger partial charge in [-0.25, -0.2) is 9.78 Å². The van der Waals surface area contributed by atoms with E-state index in [1.165, 1.54) is 18.4 Å². The van der Waals surface area contributed by atoms with Crippen molar-refractivity contribution in [3.05, 3.63) is 32.9 Å². The summed E-state index contributed by atoms with van der Waals surface area (Å²) in [5.74, 6) is -0.427. The van der Waals surface area contributed by atoms with Gasteiger partial charge >= 0.3 is 5.97 Å². The van der Waals surface area contributed by atoms with Gasteiger partial charge in [-0.3, -0.25) is 4.68 Å². The van der Waals surface area contributed by atoms with Gasteiger partial charge in [0.2, 0.25) is 0 Å². The zero-order chi connectivity index (χ0) is 11.5. The molecule has 0 aliphatic carbocycles. The average molecular weight is 302 g/mol. The Morgan fingerprint density at radius 2 is 2.50 bits per heavy atom. The lowest BCUT2D eigenvalue weighted by molar-refractivity contribution is 0.0593. The molecule has 0 aliphatic heterocycles. The van der Waals surface area contributed by atoms with Crippen LogP contribution in [0.1, 0.15) is 15.4 Å². The van der Waals surface area contributed by atoms with Crippen molar-refractivity contribution >= 4 is 33.2 Å². The second kappa shape index (κ2) is 4.75. The summed E-state index contributed by atoms with van der Waals surface area (Å²) in [6.07, 6.45) is 3.52. The quantitative estimate of drug-likeness (QED) is 0.813. The summed E-state index contributed by atoms with van der Waals surface area (Å²) in [5, 5.41) is 4.08. The van der Waals surface area contributed by atoms with Gasteiger partial charge in [0.25, 0.3) is 0 Å². The van der Waals surface area contributed by atoms with E-state index in [4.69, 9.17) is 0 Å². The molecule has 0 fully saturated rings. The van der Waals surface area contributed by atoms with Crippen LogP contribution in [0.15, 0.2) is 22.4 Å². The van der Waals surface area contributed by atoms with Crippen molar-refractivity contribution < 1.29 is 9.53 Å². The van der Waals surface area contributed by atoms with Crippen LogP contribution in [0, 0.1) is 0 Å². The van der Waals surface area contributed by atoms with Gasteiger partial charge in [0, 0.05) is 12.4 Å². The largest absolute Gasteiger partial charge is 0.464 e. The Morgan fingerprint density at radius 3 is 3.12 bits per heavy atom. The Kier molecular flexibility index (Phi) is 3.35. The fourth-order valence-electron chi connectivity index (χ4n) is 1.23. The van der Waals surface area contributed by atoms with Crippen LogP contribution in [0.4, 0.5) is 0 Å². The molecule has 0 N–H and O–H groups in total. The normalized spacial score (nSPS) is 10.4. The smallest absolute Gasteiger partial charge is 0.357 e. The number of carbonyl (C=O) groups excluding carboxylic acids is 1. The maximum Gasteiger partial charge on any atom is 0.357 e. The monoisotopic (exact) mass is 301 g/mol. The van der Waals surface area contributed by atoms with Gasteiger partial charge in [-0.05, 0) is 22.0 Å². The van der Waals surface area contributed by atoms with Crippen molar-refractivity contribution in [2.75, 3.05) is 7.11 Å². The highest BCUT2D eigenvalue weighted by atomic mass is 79.9. The summed E-state index contributed by atoms with van der Waals surface area (Å²) >= 11 is 4.65. The van der Waals surface area contributed by atoms with Gasteiger partial charge in [0.1, 0.15) is 0 Å².